The maximum absolute atomic E-state index is 11.0. The Morgan fingerprint density at radius 3 is 2.64 bits per heavy atom. The number of aromatic nitrogens is 2. The van der Waals surface area contributed by atoms with Gasteiger partial charge in [0.05, 0.1) is 16.6 Å². The van der Waals surface area contributed by atoms with Gasteiger partial charge in [-0.1, -0.05) is 17.7 Å². The van der Waals surface area contributed by atoms with Gasteiger partial charge in [-0.15, -0.1) is 0 Å². The number of fused-ring (bicyclic) bond motifs is 1. The molecule has 3 aromatic rings. The molecule has 0 saturated carbocycles. The van der Waals surface area contributed by atoms with Crippen LogP contribution in [-0.2, 0) is 13.7 Å². The van der Waals surface area contributed by atoms with Crippen molar-refractivity contribution in [2.45, 2.75) is 13.5 Å². The van der Waals surface area contributed by atoms with Crippen LogP contribution in [0, 0.1) is 6.92 Å². The third-order valence-corrected chi connectivity index (χ3v) is 3.61. The average Bonchev–Trinajstić information content (AvgIpc) is 2.82. The fourth-order valence-electron chi connectivity index (χ4n) is 2.29. The topological polar surface area (TPSA) is 64.3 Å². The first-order valence-electron chi connectivity index (χ1n) is 6.93. The number of nitrogens with zero attached hydrogens (tertiary/aromatic N) is 2. The summed E-state index contributed by atoms with van der Waals surface area (Å²) in [4.78, 5) is 15.5. The van der Waals surface area contributed by atoms with Crippen LogP contribution < -0.4 is 4.74 Å². The lowest BCUT2D eigenvalue weighted by atomic mass is 10.2. The smallest absolute Gasteiger partial charge is 0.335 e. The minimum Gasteiger partial charge on any atom is -0.486 e. The van der Waals surface area contributed by atoms with E-state index in [1.807, 2.05) is 42.8 Å². The Bertz CT molecular complexity index is 835. The third kappa shape index (κ3) is 2.65. The molecule has 0 saturated heterocycles. The first kappa shape index (κ1) is 14.1. The van der Waals surface area contributed by atoms with E-state index in [1.54, 1.807) is 18.2 Å². The fourth-order valence-corrected chi connectivity index (χ4v) is 2.29. The molecule has 5 nitrogen and oxygen atoms in total. The van der Waals surface area contributed by atoms with Gasteiger partial charge in [-0.2, -0.15) is 0 Å². The lowest BCUT2D eigenvalue weighted by molar-refractivity contribution is 0.0697. The molecule has 2 aromatic carbocycles. The van der Waals surface area contributed by atoms with Gasteiger partial charge in [-0.25, -0.2) is 9.78 Å². The van der Waals surface area contributed by atoms with Gasteiger partial charge in [-0.3, -0.25) is 0 Å². The van der Waals surface area contributed by atoms with Crippen LogP contribution in [-0.4, -0.2) is 20.6 Å². The normalized spacial score (nSPS) is 10.8. The Morgan fingerprint density at radius 2 is 1.95 bits per heavy atom. The van der Waals surface area contributed by atoms with Crippen molar-refractivity contribution in [2.75, 3.05) is 0 Å². The minimum atomic E-state index is -0.954. The molecule has 0 radical (unpaired) electrons. The highest BCUT2D eigenvalue weighted by Gasteiger charge is 2.11. The molecule has 1 aromatic heterocycles. The summed E-state index contributed by atoms with van der Waals surface area (Å²) in [5.74, 6) is 0.576. The summed E-state index contributed by atoms with van der Waals surface area (Å²) in [6.45, 7) is 2.35. The number of benzene rings is 2. The molecule has 0 aliphatic rings. The van der Waals surface area contributed by atoms with Crippen molar-refractivity contribution < 1.29 is 14.6 Å². The monoisotopic (exact) mass is 296 g/mol. The van der Waals surface area contributed by atoms with Gasteiger partial charge in [-0.05, 0) is 37.3 Å². The predicted octanol–water partition coefficient (Wildman–Crippen LogP) is 3.16. The molecule has 5 heteroatoms. The van der Waals surface area contributed by atoms with Crippen LogP contribution in [0.2, 0.25) is 0 Å². The molecule has 0 aliphatic heterocycles. The zero-order valence-corrected chi connectivity index (χ0v) is 12.4. The van der Waals surface area contributed by atoms with Gasteiger partial charge in [0.25, 0.3) is 0 Å². The molecule has 0 bridgehead atoms. The summed E-state index contributed by atoms with van der Waals surface area (Å²) < 4.78 is 7.65. The molecule has 0 fully saturated rings. The number of aromatic carboxylic acids is 1. The maximum Gasteiger partial charge on any atom is 0.335 e. The van der Waals surface area contributed by atoms with Crippen molar-refractivity contribution in [3.05, 3.63) is 59.4 Å². The summed E-state index contributed by atoms with van der Waals surface area (Å²) in [5.41, 5.74) is 2.95. The van der Waals surface area contributed by atoms with E-state index in [4.69, 9.17) is 9.84 Å². The Labute approximate surface area is 127 Å². The second-order valence-electron chi connectivity index (χ2n) is 5.20. The fraction of sp³-hybridized carbons (Fsp3) is 0.176. The number of rotatable bonds is 4. The number of carbonyl (C=O) groups is 1. The Morgan fingerprint density at radius 1 is 1.23 bits per heavy atom. The van der Waals surface area contributed by atoms with Gasteiger partial charge in [0.15, 0.2) is 0 Å². The molecule has 3 rings (SSSR count). The molecular weight excluding hydrogens is 280 g/mol. The van der Waals surface area contributed by atoms with Crippen molar-refractivity contribution in [2.24, 2.45) is 7.05 Å². The highest BCUT2D eigenvalue weighted by Crippen LogP contribution is 2.19. The van der Waals surface area contributed by atoms with Crippen LogP contribution in [0.5, 0.6) is 5.75 Å². The van der Waals surface area contributed by atoms with E-state index in [0.29, 0.717) is 12.1 Å². The quantitative estimate of drug-likeness (QED) is 0.803. The number of ether oxygens (including phenoxy) is 1. The number of aryl methyl sites for hydroxylation is 2. The van der Waals surface area contributed by atoms with E-state index in [-0.39, 0.29) is 5.56 Å². The predicted molar refractivity (Wildman–Crippen MR) is 83.2 cm³/mol. The zero-order chi connectivity index (χ0) is 15.7. The minimum absolute atomic E-state index is 0.233. The Balaban J connectivity index is 1.86. The lowest BCUT2D eigenvalue weighted by Crippen LogP contribution is -2.03. The van der Waals surface area contributed by atoms with E-state index >= 15 is 0 Å². The molecule has 1 heterocycles. The van der Waals surface area contributed by atoms with Crippen molar-refractivity contribution >= 4 is 17.0 Å². The largest absolute Gasteiger partial charge is 0.486 e. The molecule has 0 amide bonds. The van der Waals surface area contributed by atoms with Gasteiger partial charge in [0.2, 0.25) is 0 Å². The van der Waals surface area contributed by atoms with E-state index in [9.17, 15) is 4.79 Å². The van der Waals surface area contributed by atoms with Crippen molar-refractivity contribution in [3.63, 3.8) is 0 Å². The SMILES string of the molecule is Cc1ccc(OCc2nc3cc(C(=O)O)ccc3n2C)cc1. The van der Waals surface area contributed by atoms with E-state index in [0.717, 1.165) is 17.1 Å². The number of hydrogen-bond donors (Lipinski definition) is 1. The number of imidazole rings is 1. The zero-order valence-electron chi connectivity index (χ0n) is 12.4. The van der Waals surface area contributed by atoms with Crippen LogP contribution in [0.3, 0.4) is 0 Å². The second kappa shape index (κ2) is 5.52. The summed E-state index contributed by atoms with van der Waals surface area (Å²) in [6, 6.07) is 12.7. The molecular formula is C17H16N2O3. The van der Waals surface area contributed by atoms with Crippen molar-refractivity contribution in [1.82, 2.24) is 9.55 Å². The number of hydrogen-bond acceptors (Lipinski definition) is 3. The molecule has 22 heavy (non-hydrogen) atoms. The molecule has 0 spiro atoms. The van der Waals surface area contributed by atoms with Crippen molar-refractivity contribution in [3.8, 4) is 5.75 Å². The summed E-state index contributed by atoms with van der Waals surface area (Å²) >= 11 is 0. The van der Waals surface area contributed by atoms with E-state index in [1.165, 1.54) is 5.56 Å². The second-order valence-corrected chi connectivity index (χ2v) is 5.20. The van der Waals surface area contributed by atoms with Crippen LogP contribution >= 0.6 is 0 Å². The number of carboxylic acid groups (broad SMARTS) is 1. The molecule has 1 N–H and O–H groups in total. The van der Waals surface area contributed by atoms with Crippen molar-refractivity contribution in [1.29, 1.82) is 0 Å². The summed E-state index contributed by atoms with van der Waals surface area (Å²) in [7, 11) is 1.89. The van der Waals surface area contributed by atoms with E-state index < -0.39 is 5.97 Å². The van der Waals surface area contributed by atoms with Crippen LogP contribution in [0.4, 0.5) is 0 Å². The first-order valence-corrected chi connectivity index (χ1v) is 6.93. The molecule has 112 valence electrons. The highest BCUT2D eigenvalue weighted by molar-refractivity contribution is 5.92. The van der Waals surface area contributed by atoms with Gasteiger partial charge in [0.1, 0.15) is 18.2 Å². The Kier molecular flexibility index (Phi) is 3.55. The maximum atomic E-state index is 11.0. The van der Waals surface area contributed by atoms with Crippen LogP contribution in [0.15, 0.2) is 42.5 Å². The highest BCUT2D eigenvalue weighted by atomic mass is 16.5. The van der Waals surface area contributed by atoms with E-state index in [2.05, 4.69) is 4.98 Å². The molecule has 0 aliphatic carbocycles. The summed E-state index contributed by atoms with van der Waals surface area (Å²) in [5, 5.41) is 9.04. The number of carboxylic acids is 1. The molecule has 0 atom stereocenters. The first-order chi connectivity index (χ1) is 10.5. The lowest BCUT2D eigenvalue weighted by Gasteiger charge is -2.06. The standard InChI is InChI=1S/C17H16N2O3/c1-11-3-6-13(7-4-11)22-10-16-18-14-9-12(17(20)21)5-8-15(14)19(16)2/h3-9H,10H2,1-2H3,(H,20,21). The van der Waals surface area contributed by atoms with Gasteiger partial charge >= 0.3 is 5.97 Å². The summed E-state index contributed by atoms with van der Waals surface area (Å²) in [6.07, 6.45) is 0. The van der Waals surface area contributed by atoms with Crippen LogP contribution in [0.25, 0.3) is 11.0 Å². The van der Waals surface area contributed by atoms with Gasteiger partial charge < -0.3 is 14.4 Å². The average molecular weight is 296 g/mol. The third-order valence-electron chi connectivity index (χ3n) is 3.61. The van der Waals surface area contributed by atoms with Gasteiger partial charge in [0, 0.05) is 7.05 Å². The van der Waals surface area contributed by atoms with Crippen LogP contribution in [0.1, 0.15) is 21.7 Å². The Hall–Kier alpha value is -2.82. The molecule has 0 unspecified atom stereocenters.